The molecule has 4 nitrogen and oxygen atoms in total. The predicted octanol–water partition coefficient (Wildman–Crippen LogP) is 1.44. The van der Waals surface area contributed by atoms with Crippen LogP contribution in [0.15, 0.2) is 40.7 Å². The maximum absolute atomic E-state index is 10.8. The van der Waals surface area contributed by atoms with E-state index in [4.69, 9.17) is 0 Å². The number of amides is 1. The van der Waals surface area contributed by atoms with Crippen molar-refractivity contribution in [2.45, 2.75) is 6.42 Å². The Morgan fingerprint density at radius 1 is 1.29 bits per heavy atom. The molecule has 2 rings (SSSR count). The third-order valence-corrected chi connectivity index (χ3v) is 2.10. The summed E-state index contributed by atoms with van der Waals surface area (Å²) in [6, 6.07) is 10.1. The van der Waals surface area contributed by atoms with Crippen LogP contribution in [0, 0.1) is 0 Å². The second-order valence-electron chi connectivity index (χ2n) is 3.21. The lowest BCUT2D eigenvalue weighted by molar-refractivity contribution is -0.117. The third-order valence-electron chi connectivity index (χ3n) is 2.10. The standard InChI is InChI=1S/C10H11N3O/c14-10-8-13(12-11-10)7-6-9-4-2-1-3-5-9/h1-5H,6-8H2. The van der Waals surface area contributed by atoms with Crippen LogP contribution in [0.4, 0.5) is 0 Å². The van der Waals surface area contributed by atoms with Crippen molar-refractivity contribution >= 4 is 5.91 Å². The highest BCUT2D eigenvalue weighted by molar-refractivity contribution is 5.79. The zero-order valence-corrected chi connectivity index (χ0v) is 7.76. The predicted molar refractivity (Wildman–Crippen MR) is 51.6 cm³/mol. The maximum atomic E-state index is 10.8. The Hall–Kier alpha value is -1.71. The van der Waals surface area contributed by atoms with Crippen LogP contribution in [-0.2, 0) is 11.2 Å². The second kappa shape index (κ2) is 4.00. The Kier molecular flexibility index (Phi) is 2.53. The number of hydrogen-bond donors (Lipinski definition) is 0. The van der Waals surface area contributed by atoms with Crippen molar-refractivity contribution in [1.82, 2.24) is 5.01 Å². The molecule has 4 heteroatoms. The molecular weight excluding hydrogens is 178 g/mol. The highest BCUT2D eigenvalue weighted by Gasteiger charge is 2.14. The van der Waals surface area contributed by atoms with Gasteiger partial charge in [0.25, 0.3) is 5.91 Å². The molecule has 1 aliphatic rings. The zero-order chi connectivity index (χ0) is 9.80. The summed E-state index contributed by atoms with van der Waals surface area (Å²) in [5, 5.41) is 8.87. The Balaban J connectivity index is 1.84. The van der Waals surface area contributed by atoms with E-state index in [2.05, 4.69) is 22.5 Å². The highest BCUT2D eigenvalue weighted by Crippen LogP contribution is 2.05. The van der Waals surface area contributed by atoms with Gasteiger partial charge < -0.3 is 0 Å². The van der Waals surface area contributed by atoms with E-state index in [1.54, 1.807) is 5.01 Å². The van der Waals surface area contributed by atoms with Gasteiger partial charge in [0.05, 0.1) is 0 Å². The van der Waals surface area contributed by atoms with Gasteiger partial charge in [-0.05, 0) is 12.0 Å². The average Bonchev–Trinajstić information content (AvgIpc) is 2.63. The number of hydrogen-bond acceptors (Lipinski definition) is 3. The first-order valence-electron chi connectivity index (χ1n) is 4.58. The monoisotopic (exact) mass is 189 g/mol. The van der Waals surface area contributed by atoms with Gasteiger partial charge >= 0.3 is 0 Å². The van der Waals surface area contributed by atoms with Gasteiger partial charge in [-0.25, -0.2) is 0 Å². The molecular formula is C10H11N3O. The summed E-state index contributed by atoms with van der Waals surface area (Å²) in [6.45, 7) is 1.08. The van der Waals surface area contributed by atoms with Crippen molar-refractivity contribution in [2.75, 3.05) is 13.1 Å². The molecule has 0 saturated heterocycles. The van der Waals surface area contributed by atoms with Gasteiger partial charge in [-0.3, -0.25) is 9.80 Å². The molecule has 1 aromatic carbocycles. The number of carbonyl (C=O) groups is 1. The Labute approximate surface area is 82.2 Å². The van der Waals surface area contributed by atoms with E-state index >= 15 is 0 Å². The molecule has 1 aliphatic heterocycles. The van der Waals surface area contributed by atoms with Gasteiger partial charge in [-0.1, -0.05) is 40.7 Å². The van der Waals surface area contributed by atoms with Crippen LogP contribution in [0.5, 0.6) is 0 Å². The molecule has 0 spiro atoms. The molecule has 0 aromatic heterocycles. The quantitative estimate of drug-likeness (QED) is 0.722. The van der Waals surface area contributed by atoms with Crippen LogP contribution in [-0.4, -0.2) is 24.0 Å². The van der Waals surface area contributed by atoms with Crippen molar-refractivity contribution in [3.8, 4) is 0 Å². The van der Waals surface area contributed by atoms with Crippen molar-refractivity contribution in [2.24, 2.45) is 10.3 Å². The molecule has 72 valence electrons. The lowest BCUT2D eigenvalue weighted by Gasteiger charge is -2.09. The van der Waals surface area contributed by atoms with Crippen LogP contribution in [0.1, 0.15) is 5.56 Å². The van der Waals surface area contributed by atoms with Crippen LogP contribution in [0.2, 0.25) is 0 Å². The molecule has 0 fully saturated rings. The smallest absolute Gasteiger partial charge is 0.269 e. The number of rotatable bonds is 3. The van der Waals surface area contributed by atoms with Crippen LogP contribution in [0.25, 0.3) is 0 Å². The second-order valence-corrected chi connectivity index (χ2v) is 3.21. The molecule has 14 heavy (non-hydrogen) atoms. The van der Waals surface area contributed by atoms with E-state index in [1.807, 2.05) is 18.2 Å². The first kappa shape index (κ1) is 8.87. The van der Waals surface area contributed by atoms with E-state index in [1.165, 1.54) is 5.56 Å². The fourth-order valence-electron chi connectivity index (χ4n) is 1.36. The minimum absolute atomic E-state index is 0.155. The Morgan fingerprint density at radius 2 is 2.07 bits per heavy atom. The van der Waals surface area contributed by atoms with Gasteiger partial charge in [-0.2, -0.15) is 0 Å². The molecule has 0 atom stereocenters. The largest absolute Gasteiger partial charge is 0.287 e. The number of nitrogens with zero attached hydrogens (tertiary/aromatic N) is 3. The minimum Gasteiger partial charge on any atom is -0.269 e. The Bertz CT molecular complexity index is 348. The first-order chi connectivity index (χ1) is 6.84. The summed E-state index contributed by atoms with van der Waals surface area (Å²) < 4.78 is 0. The van der Waals surface area contributed by atoms with E-state index in [-0.39, 0.29) is 5.91 Å². The molecule has 0 N–H and O–H groups in total. The zero-order valence-electron chi connectivity index (χ0n) is 7.76. The number of benzene rings is 1. The average molecular weight is 189 g/mol. The normalized spacial score (nSPS) is 15.1. The molecule has 0 radical (unpaired) electrons. The highest BCUT2D eigenvalue weighted by atomic mass is 16.2. The molecule has 1 amide bonds. The van der Waals surface area contributed by atoms with E-state index in [9.17, 15) is 4.79 Å². The van der Waals surface area contributed by atoms with Gasteiger partial charge in [0.1, 0.15) is 6.54 Å². The molecule has 1 heterocycles. The summed E-state index contributed by atoms with van der Waals surface area (Å²) in [5.74, 6) is -0.155. The maximum Gasteiger partial charge on any atom is 0.287 e. The Morgan fingerprint density at radius 3 is 2.71 bits per heavy atom. The van der Waals surface area contributed by atoms with Gasteiger partial charge in [0, 0.05) is 6.54 Å². The number of carbonyl (C=O) groups excluding carboxylic acids is 1. The van der Waals surface area contributed by atoms with Crippen molar-refractivity contribution < 1.29 is 4.79 Å². The van der Waals surface area contributed by atoms with Crippen LogP contribution in [0.3, 0.4) is 0 Å². The first-order valence-corrected chi connectivity index (χ1v) is 4.58. The summed E-state index contributed by atoms with van der Waals surface area (Å²) in [5.41, 5.74) is 1.25. The minimum atomic E-state index is -0.155. The van der Waals surface area contributed by atoms with Crippen molar-refractivity contribution in [3.05, 3.63) is 35.9 Å². The summed E-state index contributed by atoms with van der Waals surface area (Å²) in [6.07, 6.45) is 0.896. The molecule has 0 aliphatic carbocycles. The van der Waals surface area contributed by atoms with Crippen molar-refractivity contribution in [1.29, 1.82) is 0 Å². The topological polar surface area (TPSA) is 45.0 Å². The van der Waals surface area contributed by atoms with Crippen LogP contribution >= 0.6 is 0 Å². The van der Waals surface area contributed by atoms with Crippen LogP contribution < -0.4 is 0 Å². The molecule has 0 saturated carbocycles. The molecule has 0 unspecified atom stereocenters. The van der Waals surface area contributed by atoms with Gasteiger partial charge in [0.2, 0.25) is 0 Å². The lowest BCUT2D eigenvalue weighted by atomic mass is 10.1. The van der Waals surface area contributed by atoms with E-state index in [0.29, 0.717) is 6.54 Å². The molecule has 1 aromatic rings. The van der Waals surface area contributed by atoms with E-state index in [0.717, 1.165) is 13.0 Å². The van der Waals surface area contributed by atoms with Gasteiger partial charge in [0.15, 0.2) is 0 Å². The van der Waals surface area contributed by atoms with Gasteiger partial charge in [-0.15, -0.1) is 0 Å². The summed E-state index contributed by atoms with van der Waals surface area (Å²) >= 11 is 0. The summed E-state index contributed by atoms with van der Waals surface area (Å²) in [7, 11) is 0. The van der Waals surface area contributed by atoms with E-state index < -0.39 is 0 Å². The van der Waals surface area contributed by atoms with Crippen molar-refractivity contribution in [3.63, 3.8) is 0 Å². The summed E-state index contributed by atoms with van der Waals surface area (Å²) in [4.78, 5) is 10.8. The fourth-order valence-corrected chi connectivity index (χ4v) is 1.36. The lowest BCUT2D eigenvalue weighted by Crippen LogP contribution is -2.20. The SMILES string of the molecule is O=C1CN(CCc2ccccc2)N=N1. The molecule has 0 bridgehead atoms. The third kappa shape index (κ3) is 2.16. The fraction of sp³-hybridized carbons (Fsp3) is 0.300.